The number of carboxylic acid groups (broad SMARTS) is 1. The van der Waals surface area contributed by atoms with E-state index >= 15 is 0 Å². The molecule has 0 radical (unpaired) electrons. The normalized spacial score (nSPS) is 11.6. The van der Waals surface area contributed by atoms with Gasteiger partial charge in [0.2, 0.25) is 0 Å². The Kier molecular flexibility index (Phi) is 6.63. The van der Waals surface area contributed by atoms with Gasteiger partial charge in [0.15, 0.2) is 0 Å². The number of carbonyl (C=O) groups is 1. The molecular formula is C25H20F4N2O4. The minimum Gasteiger partial charge on any atom is -0.493 e. The number of halogens is 4. The molecule has 3 aromatic carbocycles. The molecule has 35 heavy (non-hydrogen) atoms. The fourth-order valence-electron chi connectivity index (χ4n) is 3.72. The molecule has 0 saturated carbocycles. The molecule has 6 nitrogen and oxygen atoms in total. The lowest BCUT2D eigenvalue weighted by Gasteiger charge is -2.16. The summed E-state index contributed by atoms with van der Waals surface area (Å²) in [5, 5.41) is 9.31. The summed E-state index contributed by atoms with van der Waals surface area (Å²) >= 11 is 0. The van der Waals surface area contributed by atoms with Crippen molar-refractivity contribution in [2.24, 2.45) is 0 Å². The number of alkyl halides is 3. The summed E-state index contributed by atoms with van der Waals surface area (Å²) in [6, 6.07) is 13.7. The highest BCUT2D eigenvalue weighted by Gasteiger charge is 2.34. The summed E-state index contributed by atoms with van der Waals surface area (Å²) < 4.78 is 67.0. The number of rotatable bonds is 8. The maximum absolute atomic E-state index is 13.6. The van der Waals surface area contributed by atoms with Gasteiger partial charge >= 0.3 is 12.1 Å². The third-order valence-corrected chi connectivity index (χ3v) is 5.29. The first-order valence-electron chi connectivity index (χ1n) is 10.6. The number of para-hydroxylation sites is 2. The lowest BCUT2D eigenvalue weighted by Crippen LogP contribution is -2.14. The van der Waals surface area contributed by atoms with Crippen LogP contribution in [0.2, 0.25) is 0 Å². The van der Waals surface area contributed by atoms with E-state index in [-0.39, 0.29) is 36.6 Å². The summed E-state index contributed by atoms with van der Waals surface area (Å²) in [5.74, 6) is -1.36. The van der Waals surface area contributed by atoms with Crippen molar-refractivity contribution in [2.75, 3.05) is 6.61 Å². The predicted octanol–water partition coefficient (Wildman–Crippen LogP) is 5.92. The molecule has 1 aromatic heterocycles. The molecule has 0 unspecified atom stereocenters. The lowest BCUT2D eigenvalue weighted by molar-refractivity contribution is -0.138. The van der Waals surface area contributed by atoms with Crippen molar-refractivity contribution in [1.82, 2.24) is 9.55 Å². The number of aromatic nitrogens is 2. The van der Waals surface area contributed by atoms with E-state index in [1.807, 2.05) is 0 Å². The van der Waals surface area contributed by atoms with Crippen molar-refractivity contribution >= 4 is 17.0 Å². The largest absolute Gasteiger partial charge is 0.493 e. The van der Waals surface area contributed by atoms with E-state index in [0.29, 0.717) is 28.7 Å². The van der Waals surface area contributed by atoms with Crippen LogP contribution in [-0.2, 0) is 19.3 Å². The van der Waals surface area contributed by atoms with E-state index in [0.717, 1.165) is 12.1 Å². The number of fused-ring (bicyclic) bond motifs is 1. The quantitative estimate of drug-likeness (QED) is 0.312. The number of hydrogen-bond donors (Lipinski definition) is 1. The van der Waals surface area contributed by atoms with E-state index in [1.54, 1.807) is 35.8 Å². The highest BCUT2D eigenvalue weighted by Crippen LogP contribution is 2.34. The van der Waals surface area contributed by atoms with Crippen molar-refractivity contribution in [3.8, 4) is 11.5 Å². The van der Waals surface area contributed by atoms with Gasteiger partial charge in [-0.1, -0.05) is 18.2 Å². The van der Waals surface area contributed by atoms with Crippen LogP contribution < -0.4 is 9.47 Å². The molecule has 4 rings (SSSR count). The van der Waals surface area contributed by atoms with E-state index in [1.165, 1.54) is 18.2 Å². The van der Waals surface area contributed by atoms with Gasteiger partial charge in [-0.2, -0.15) is 13.2 Å². The van der Waals surface area contributed by atoms with Gasteiger partial charge in [-0.25, -0.2) is 14.2 Å². The second-order valence-electron chi connectivity index (χ2n) is 7.59. The predicted molar refractivity (Wildman–Crippen MR) is 119 cm³/mol. The molecule has 0 saturated heterocycles. The highest BCUT2D eigenvalue weighted by molar-refractivity contribution is 5.91. The fourth-order valence-corrected chi connectivity index (χ4v) is 3.72. The van der Waals surface area contributed by atoms with E-state index < -0.39 is 23.5 Å². The lowest BCUT2D eigenvalue weighted by atomic mass is 10.1. The molecular weight excluding hydrogens is 468 g/mol. The van der Waals surface area contributed by atoms with Gasteiger partial charge in [-0.15, -0.1) is 0 Å². The Morgan fingerprint density at radius 3 is 2.54 bits per heavy atom. The van der Waals surface area contributed by atoms with Crippen molar-refractivity contribution in [1.29, 1.82) is 0 Å². The van der Waals surface area contributed by atoms with Gasteiger partial charge in [0, 0.05) is 6.07 Å². The topological polar surface area (TPSA) is 73.6 Å². The Morgan fingerprint density at radius 1 is 1.06 bits per heavy atom. The molecule has 0 spiro atoms. The van der Waals surface area contributed by atoms with Crippen LogP contribution in [0.15, 0.2) is 60.7 Å². The number of nitrogens with zero attached hydrogens (tertiary/aromatic N) is 2. The zero-order valence-electron chi connectivity index (χ0n) is 18.5. The standard InChI is InChI=1S/C25H20F4N2O4/c1-2-34-22-12-17(9-10-18(22)24(32)33)35-14-23-30-20-5-3-4-6-21(20)31(23)13-15-7-8-16(26)11-19(15)25(27,28)29/h3-12H,2,13-14H2,1H3,(H,32,33). The van der Waals surface area contributed by atoms with Gasteiger partial charge in [0.1, 0.15) is 35.3 Å². The molecule has 1 N–H and O–H groups in total. The third-order valence-electron chi connectivity index (χ3n) is 5.29. The number of aromatic carboxylic acids is 1. The third kappa shape index (κ3) is 5.21. The van der Waals surface area contributed by atoms with Crippen LogP contribution in [0.1, 0.15) is 34.2 Å². The Morgan fingerprint density at radius 2 is 1.83 bits per heavy atom. The average molecular weight is 488 g/mol. The van der Waals surface area contributed by atoms with E-state index in [4.69, 9.17) is 9.47 Å². The van der Waals surface area contributed by atoms with Crippen LogP contribution in [-0.4, -0.2) is 27.2 Å². The van der Waals surface area contributed by atoms with Gasteiger partial charge < -0.3 is 19.1 Å². The van der Waals surface area contributed by atoms with Crippen LogP contribution in [0.3, 0.4) is 0 Å². The maximum atomic E-state index is 13.6. The van der Waals surface area contributed by atoms with Crippen LogP contribution in [0, 0.1) is 5.82 Å². The first-order valence-corrected chi connectivity index (χ1v) is 10.6. The molecule has 0 bridgehead atoms. The van der Waals surface area contributed by atoms with Crippen molar-refractivity contribution in [3.05, 3.63) is 89.0 Å². The maximum Gasteiger partial charge on any atom is 0.416 e. The molecule has 0 aliphatic heterocycles. The van der Waals surface area contributed by atoms with Gasteiger partial charge in [-0.3, -0.25) is 0 Å². The summed E-state index contributed by atoms with van der Waals surface area (Å²) in [7, 11) is 0. The fraction of sp³-hybridized carbons (Fsp3) is 0.200. The molecule has 0 aliphatic carbocycles. The van der Waals surface area contributed by atoms with Crippen LogP contribution in [0.5, 0.6) is 11.5 Å². The van der Waals surface area contributed by atoms with Crippen LogP contribution >= 0.6 is 0 Å². The number of carboxylic acids is 1. The van der Waals surface area contributed by atoms with Crippen LogP contribution in [0.4, 0.5) is 17.6 Å². The summed E-state index contributed by atoms with van der Waals surface area (Å²) in [5.41, 5.74) is -0.0688. The first-order chi connectivity index (χ1) is 16.7. The molecule has 182 valence electrons. The minimum absolute atomic E-state index is 0.0255. The molecule has 10 heteroatoms. The van der Waals surface area contributed by atoms with Gasteiger partial charge in [0.25, 0.3) is 0 Å². The second kappa shape index (κ2) is 9.65. The summed E-state index contributed by atoms with van der Waals surface area (Å²) in [6.45, 7) is 1.64. The number of imidazole rings is 1. The molecule has 0 aliphatic rings. The van der Waals surface area contributed by atoms with Crippen molar-refractivity contribution in [3.63, 3.8) is 0 Å². The van der Waals surface area contributed by atoms with Crippen molar-refractivity contribution < 1.29 is 36.9 Å². The van der Waals surface area contributed by atoms with E-state index in [2.05, 4.69) is 4.98 Å². The average Bonchev–Trinajstić information content (AvgIpc) is 3.15. The molecule has 4 aromatic rings. The molecule has 0 amide bonds. The molecule has 0 fully saturated rings. The molecule has 0 atom stereocenters. The Labute approximate surface area is 197 Å². The van der Waals surface area contributed by atoms with Gasteiger partial charge in [0.05, 0.1) is 29.7 Å². The smallest absolute Gasteiger partial charge is 0.416 e. The second-order valence-corrected chi connectivity index (χ2v) is 7.59. The zero-order chi connectivity index (χ0) is 25.2. The van der Waals surface area contributed by atoms with E-state index in [9.17, 15) is 27.5 Å². The van der Waals surface area contributed by atoms with Crippen molar-refractivity contribution in [2.45, 2.75) is 26.3 Å². The summed E-state index contributed by atoms with van der Waals surface area (Å²) in [6.07, 6.45) is -4.73. The summed E-state index contributed by atoms with van der Waals surface area (Å²) in [4.78, 5) is 15.9. The van der Waals surface area contributed by atoms with Crippen LogP contribution in [0.25, 0.3) is 11.0 Å². The number of benzene rings is 3. The number of hydrogen-bond acceptors (Lipinski definition) is 4. The minimum atomic E-state index is -4.73. The Balaban J connectivity index is 1.68. The molecule has 1 heterocycles. The first kappa shape index (κ1) is 24.1. The monoisotopic (exact) mass is 488 g/mol. The van der Waals surface area contributed by atoms with Gasteiger partial charge in [-0.05, 0) is 48.9 Å². The Hall–Kier alpha value is -4.08. The zero-order valence-corrected chi connectivity index (χ0v) is 18.5. The highest BCUT2D eigenvalue weighted by atomic mass is 19.4. The number of ether oxygens (including phenoxy) is 2. The SMILES string of the molecule is CCOc1cc(OCc2nc3ccccc3n2Cc2ccc(F)cc2C(F)(F)F)ccc1C(=O)O. The Bertz CT molecular complexity index is 1380.